The third kappa shape index (κ3) is 4.84. The van der Waals surface area contributed by atoms with Gasteiger partial charge in [0.1, 0.15) is 5.82 Å². The van der Waals surface area contributed by atoms with Gasteiger partial charge in [0.05, 0.1) is 15.9 Å². The normalized spacial score (nSPS) is 11.6. The average molecular weight is 482 g/mol. The smallest absolute Gasteiger partial charge is 0.262 e. The second-order valence-corrected chi connectivity index (χ2v) is 10.4. The highest BCUT2D eigenvalue weighted by Gasteiger charge is 2.17. The molecule has 5 rings (SSSR count). The lowest BCUT2D eigenvalue weighted by atomic mass is 10.1. The largest absolute Gasteiger partial charge is 0.296 e. The van der Waals surface area contributed by atoms with Crippen LogP contribution in [0.4, 0.5) is 5.69 Å². The highest BCUT2D eigenvalue weighted by molar-refractivity contribution is 7.92. The molecule has 0 saturated carbocycles. The minimum Gasteiger partial charge on any atom is -0.296 e. The predicted octanol–water partition coefficient (Wildman–Crippen LogP) is 6.23. The highest BCUT2D eigenvalue weighted by Crippen LogP contribution is 2.24. The number of anilines is 1. The van der Waals surface area contributed by atoms with Crippen LogP contribution in [0.15, 0.2) is 102 Å². The van der Waals surface area contributed by atoms with E-state index in [9.17, 15) is 8.42 Å². The van der Waals surface area contributed by atoms with Crippen molar-refractivity contribution >= 4 is 26.7 Å². The molecular formula is C29H27N3O2S. The van der Waals surface area contributed by atoms with Crippen LogP contribution in [0, 0.1) is 13.8 Å². The summed E-state index contributed by atoms with van der Waals surface area (Å²) >= 11 is 0. The first-order valence-corrected chi connectivity index (χ1v) is 13.1. The van der Waals surface area contributed by atoms with Crippen LogP contribution in [0.25, 0.3) is 16.7 Å². The number of nitrogens with one attached hydrogen (secondary N) is 1. The zero-order valence-electron chi connectivity index (χ0n) is 19.8. The number of hydrogen-bond donors (Lipinski definition) is 1. The maximum absolute atomic E-state index is 12.9. The fourth-order valence-corrected chi connectivity index (χ4v) is 5.70. The van der Waals surface area contributed by atoms with Gasteiger partial charge in [0.15, 0.2) is 0 Å². The highest BCUT2D eigenvalue weighted by atomic mass is 32.2. The topological polar surface area (TPSA) is 64.0 Å². The van der Waals surface area contributed by atoms with E-state index in [1.165, 1.54) is 0 Å². The standard InChI is InChI=1S/C29H27N3O2S/c1-21-12-18-28(22(2)20-21)35(33,34)31-24-16-13-23(14-17-24)15-19-29-30-26-10-6-7-11-27(26)32(29)25-8-4-3-5-9-25/h3-14,16-18,20,31H,15,19H2,1-2H3. The second kappa shape index (κ2) is 9.39. The van der Waals surface area contributed by atoms with E-state index < -0.39 is 10.0 Å². The van der Waals surface area contributed by atoms with Crippen LogP contribution in [0.3, 0.4) is 0 Å². The molecule has 176 valence electrons. The molecule has 0 bridgehead atoms. The van der Waals surface area contributed by atoms with Crippen LogP contribution in [0.2, 0.25) is 0 Å². The zero-order chi connectivity index (χ0) is 24.4. The molecule has 0 aliphatic rings. The van der Waals surface area contributed by atoms with E-state index in [0.717, 1.165) is 52.1 Å². The average Bonchev–Trinajstić information content (AvgIpc) is 3.22. The maximum atomic E-state index is 12.9. The summed E-state index contributed by atoms with van der Waals surface area (Å²) in [5, 5.41) is 0. The summed E-state index contributed by atoms with van der Waals surface area (Å²) in [6.07, 6.45) is 1.55. The lowest BCUT2D eigenvalue weighted by Gasteiger charge is -2.12. The summed E-state index contributed by atoms with van der Waals surface area (Å²) in [5.74, 6) is 0.997. The molecule has 6 heteroatoms. The monoisotopic (exact) mass is 481 g/mol. The van der Waals surface area contributed by atoms with Gasteiger partial charge in [-0.15, -0.1) is 0 Å². The first kappa shape index (κ1) is 22.9. The first-order valence-electron chi connectivity index (χ1n) is 11.6. The fourth-order valence-electron chi connectivity index (χ4n) is 4.42. The van der Waals surface area contributed by atoms with Crippen LogP contribution in [0.5, 0.6) is 0 Å². The van der Waals surface area contributed by atoms with Crippen molar-refractivity contribution in [1.82, 2.24) is 9.55 Å². The lowest BCUT2D eigenvalue weighted by molar-refractivity contribution is 0.600. The van der Waals surface area contributed by atoms with Crippen molar-refractivity contribution in [2.45, 2.75) is 31.6 Å². The summed E-state index contributed by atoms with van der Waals surface area (Å²) < 4.78 is 30.6. The molecule has 0 fully saturated rings. The molecule has 5 nitrogen and oxygen atoms in total. The minimum absolute atomic E-state index is 0.298. The molecule has 35 heavy (non-hydrogen) atoms. The summed E-state index contributed by atoms with van der Waals surface area (Å²) in [7, 11) is -3.64. The summed E-state index contributed by atoms with van der Waals surface area (Å²) in [6.45, 7) is 3.76. The number of rotatable bonds is 7. The van der Waals surface area contributed by atoms with Gasteiger partial charge < -0.3 is 0 Å². The Hall–Kier alpha value is -3.90. The van der Waals surface area contributed by atoms with Gasteiger partial charge in [-0.05, 0) is 73.9 Å². The summed E-state index contributed by atoms with van der Waals surface area (Å²) in [4.78, 5) is 5.19. The van der Waals surface area contributed by atoms with Crippen molar-refractivity contribution in [3.05, 3.63) is 120 Å². The van der Waals surface area contributed by atoms with E-state index in [2.05, 4.69) is 27.5 Å². The molecule has 0 spiro atoms. The first-order chi connectivity index (χ1) is 16.9. The van der Waals surface area contributed by atoms with E-state index in [1.54, 1.807) is 6.07 Å². The van der Waals surface area contributed by atoms with Crippen molar-refractivity contribution in [3.8, 4) is 5.69 Å². The lowest BCUT2D eigenvalue weighted by Crippen LogP contribution is -2.14. The van der Waals surface area contributed by atoms with E-state index in [4.69, 9.17) is 4.98 Å². The molecule has 5 aromatic rings. The number of aryl methyl sites for hydroxylation is 4. The number of para-hydroxylation sites is 3. The van der Waals surface area contributed by atoms with Gasteiger partial charge in [-0.1, -0.05) is 60.2 Å². The summed E-state index contributed by atoms with van der Waals surface area (Å²) in [6, 6.07) is 31.3. The number of hydrogen-bond acceptors (Lipinski definition) is 3. The maximum Gasteiger partial charge on any atom is 0.262 e. The van der Waals surface area contributed by atoms with Crippen LogP contribution in [-0.2, 0) is 22.9 Å². The molecule has 0 aliphatic carbocycles. The fraction of sp³-hybridized carbons (Fsp3) is 0.138. The molecule has 0 aliphatic heterocycles. The molecule has 1 N–H and O–H groups in total. The number of benzene rings is 4. The molecule has 0 saturated heterocycles. The molecule has 0 atom stereocenters. The Kier molecular flexibility index (Phi) is 6.14. The molecule has 0 amide bonds. The molecule has 0 radical (unpaired) electrons. The predicted molar refractivity (Wildman–Crippen MR) is 142 cm³/mol. The van der Waals surface area contributed by atoms with E-state index in [-0.39, 0.29) is 0 Å². The third-order valence-corrected chi connectivity index (χ3v) is 7.65. The Morgan fingerprint density at radius 3 is 2.26 bits per heavy atom. The Labute approximate surface area is 206 Å². The van der Waals surface area contributed by atoms with E-state index >= 15 is 0 Å². The SMILES string of the molecule is Cc1ccc(S(=O)(=O)Nc2ccc(CCc3nc4ccccc4n3-c3ccccc3)cc2)c(C)c1. The van der Waals surface area contributed by atoms with Crippen LogP contribution < -0.4 is 4.72 Å². The van der Waals surface area contributed by atoms with Crippen molar-refractivity contribution in [2.24, 2.45) is 0 Å². The molecule has 0 unspecified atom stereocenters. The summed E-state index contributed by atoms with van der Waals surface area (Å²) in [5.41, 5.74) is 6.58. The Morgan fingerprint density at radius 2 is 1.51 bits per heavy atom. The zero-order valence-corrected chi connectivity index (χ0v) is 20.6. The quantitative estimate of drug-likeness (QED) is 0.300. The Balaban J connectivity index is 1.34. The van der Waals surface area contributed by atoms with Crippen molar-refractivity contribution in [2.75, 3.05) is 4.72 Å². The van der Waals surface area contributed by atoms with Gasteiger partial charge in [0.25, 0.3) is 10.0 Å². The molecule has 4 aromatic carbocycles. The Morgan fingerprint density at radius 1 is 0.800 bits per heavy atom. The van der Waals surface area contributed by atoms with Gasteiger partial charge in [-0.3, -0.25) is 9.29 Å². The van der Waals surface area contributed by atoms with Gasteiger partial charge in [-0.2, -0.15) is 0 Å². The molecule has 1 aromatic heterocycles. The molecule has 1 heterocycles. The number of imidazole rings is 1. The number of aromatic nitrogens is 2. The van der Waals surface area contributed by atoms with Crippen LogP contribution in [-0.4, -0.2) is 18.0 Å². The van der Waals surface area contributed by atoms with Gasteiger partial charge in [0, 0.05) is 17.8 Å². The second-order valence-electron chi connectivity index (χ2n) is 8.76. The van der Waals surface area contributed by atoms with Crippen molar-refractivity contribution in [1.29, 1.82) is 0 Å². The van der Waals surface area contributed by atoms with E-state index in [1.807, 2.05) is 86.6 Å². The van der Waals surface area contributed by atoms with Crippen molar-refractivity contribution < 1.29 is 8.42 Å². The van der Waals surface area contributed by atoms with Crippen molar-refractivity contribution in [3.63, 3.8) is 0 Å². The van der Waals surface area contributed by atoms with Gasteiger partial charge >= 0.3 is 0 Å². The van der Waals surface area contributed by atoms with E-state index in [0.29, 0.717) is 10.6 Å². The number of fused-ring (bicyclic) bond motifs is 1. The van der Waals surface area contributed by atoms with Gasteiger partial charge in [0.2, 0.25) is 0 Å². The van der Waals surface area contributed by atoms with Crippen LogP contribution >= 0.6 is 0 Å². The molecular weight excluding hydrogens is 454 g/mol. The third-order valence-electron chi connectivity index (χ3n) is 6.11. The Bertz CT molecular complexity index is 1590. The number of nitrogens with zero attached hydrogens (tertiary/aromatic N) is 2. The number of sulfonamides is 1. The van der Waals surface area contributed by atoms with Gasteiger partial charge in [-0.25, -0.2) is 13.4 Å². The van der Waals surface area contributed by atoms with Crippen LogP contribution in [0.1, 0.15) is 22.5 Å². The minimum atomic E-state index is -3.64.